The van der Waals surface area contributed by atoms with Crippen LogP contribution < -0.4 is 5.32 Å². The monoisotopic (exact) mass is 361 g/mol. The SMILES string of the molecule is COC(=O)CNC(=O)c1cc(C)ccc1-c1ccc(Br)cc1. The lowest BCUT2D eigenvalue weighted by Gasteiger charge is -2.11. The van der Waals surface area contributed by atoms with Gasteiger partial charge in [0.05, 0.1) is 7.11 Å². The molecule has 2 aromatic rings. The highest BCUT2D eigenvalue weighted by Gasteiger charge is 2.14. The van der Waals surface area contributed by atoms with E-state index in [0.717, 1.165) is 21.2 Å². The van der Waals surface area contributed by atoms with E-state index in [1.54, 1.807) is 0 Å². The summed E-state index contributed by atoms with van der Waals surface area (Å²) in [6.45, 7) is 1.77. The zero-order valence-corrected chi connectivity index (χ0v) is 13.9. The van der Waals surface area contributed by atoms with Gasteiger partial charge in [0, 0.05) is 10.0 Å². The van der Waals surface area contributed by atoms with Crippen LogP contribution in [0, 0.1) is 6.92 Å². The van der Waals surface area contributed by atoms with Crippen molar-refractivity contribution in [3.05, 3.63) is 58.1 Å². The topological polar surface area (TPSA) is 55.4 Å². The van der Waals surface area contributed by atoms with Crippen molar-refractivity contribution < 1.29 is 14.3 Å². The summed E-state index contributed by atoms with van der Waals surface area (Å²) in [6.07, 6.45) is 0. The Kier molecular flexibility index (Phi) is 5.33. The molecule has 0 aromatic heterocycles. The Balaban J connectivity index is 2.33. The van der Waals surface area contributed by atoms with Gasteiger partial charge in [0.25, 0.3) is 5.91 Å². The highest BCUT2D eigenvalue weighted by atomic mass is 79.9. The molecule has 2 aromatic carbocycles. The smallest absolute Gasteiger partial charge is 0.325 e. The summed E-state index contributed by atoms with van der Waals surface area (Å²) >= 11 is 3.40. The lowest BCUT2D eigenvalue weighted by Crippen LogP contribution is -2.30. The highest BCUT2D eigenvalue weighted by Crippen LogP contribution is 2.26. The molecule has 0 heterocycles. The van der Waals surface area contributed by atoms with E-state index < -0.39 is 5.97 Å². The summed E-state index contributed by atoms with van der Waals surface area (Å²) < 4.78 is 5.50. The number of hydrogen-bond donors (Lipinski definition) is 1. The molecule has 4 nitrogen and oxygen atoms in total. The maximum atomic E-state index is 12.4. The van der Waals surface area contributed by atoms with Gasteiger partial charge in [-0.05, 0) is 36.2 Å². The molecule has 0 saturated carbocycles. The molecule has 2 rings (SSSR count). The molecule has 0 unspecified atom stereocenters. The lowest BCUT2D eigenvalue weighted by molar-refractivity contribution is -0.139. The van der Waals surface area contributed by atoms with Crippen molar-refractivity contribution in [3.8, 4) is 11.1 Å². The number of nitrogens with one attached hydrogen (secondary N) is 1. The molecule has 0 bridgehead atoms. The van der Waals surface area contributed by atoms with Crippen LogP contribution in [0.2, 0.25) is 0 Å². The van der Waals surface area contributed by atoms with E-state index >= 15 is 0 Å². The maximum absolute atomic E-state index is 12.4. The van der Waals surface area contributed by atoms with Gasteiger partial charge in [-0.3, -0.25) is 9.59 Å². The zero-order chi connectivity index (χ0) is 16.1. The van der Waals surface area contributed by atoms with Crippen molar-refractivity contribution in [2.75, 3.05) is 13.7 Å². The van der Waals surface area contributed by atoms with E-state index in [2.05, 4.69) is 26.0 Å². The minimum Gasteiger partial charge on any atom is -0.468 e. The third kappa shape index (κ3) is 3.95. The zero-order valence-electron chi connectivity index (χ0n) is 12.4. The van der Waals surface area contributed by atoms with Crippen molar-refractivity contribution in [2.45, 2.75) is 6.92 Å². The molecular formula is C17H16BrNO3. The van der Waals surface area contributed by atoms with Gasteiger partial charge in [-0.25, -0.2) is 0 Å². The number of carbonyl (C=O) groups excluding carboxylic acids is 2. The van der Waals surface area contributed by atoms with Crippen LogP contribution in [0.5, 0.6) is 0 Å². The van der Waals surface area contributed by atoms with E-state index in [1.807, 2.05) is 49.4 Å². The van der Waals surface area contributed by atoms with Crippen LogP contribution >= 0.6 is 15.9 Å². The van der Waals surface area contributed by atoms with Crippen LogP contribution in [0.15, 0.2) is 46.9 Å². The quantitative estimate of drug-likeness (QED) is 0.849. The van der Waals surface area contributed by atoms with E-state index in [0.29, 0.717) is 5.56 Å². The summed E-state index contributed by atoms with van der Waals surface area (Å²) in [4.78, 5) is 23.5. The number of ether oxygens (including phenoxy) is 1. The van der Waals surface area contributed by atoms with E-state index in [9.17, 15) is 9.59 Å². The summed E-state index contributed by atoms with van der Waals surface area (Å²) in [7, 11) is 1.29. The molecule has 0 atom stereocenters. The number of halogens is 1. The van der Waals surface area contributed by atoms with Crippen LogP contribution in [0.3, 0.4) is 0 Å². The number of methoxy groups -OCH3 is 1. The van der Waals surface area contributed by atoms with E-state index in [1.165, 1.54) is 7.11 Å². The fraction of sp³-hybridized carbons (Fsp3) is 0.176. The summed E-state index contributed by atoms with van der Waals surface area (Å²) in [5, 5.41) is 2.58. The normalized spacial score (nSPS) is 10.1. The van der Waals surface area contributed by atoms with Gasteiger partial charge in [0.2, 0.25) is 0 Å². The first-order chi connectivity index (χ1) is 10.5. The van der Waals surface area contributed by atoms with E-state index in [-0.39, 0.29) is 12.5 Å². The molecule has 114 valence electrons. The highest BCUT2D eigenvalue weighted by molar-refractivity contribution is 9.10. The minimum atomic E-state index is -0.480. The fourth-order valence-corrected chi connectivity index (χ4v) is 2.31. The maximum Gasteiger partial charge on any atom is 0.325 e. The number of esters is 1. The number of carbonyl (C=O) groups is 2. The van der Waals surface area contributed by atoms with Crippen molar-refractivity contribution >= 4 is 27.8 Å². The van der Waals surface area contributed by atoms with Crippen molar-refractivity contribution in [1.82, 2.24) is 5.32 Å². The molecule has 0 fully saturated rings. The molecule has 1 amide bonds. The standard InChI is InChI=1S/C17H16BrNO3/c1-11-3-8-14(12-4-6-13(18)7-5-12)15(9-11)17(21)19-10-16(20)22-2/h3-9H,10H2,1-2H3,(H,19,21). The van der Waals surface area contributed by atoms with Gasteiger partial charge in [-0.1, -0.05) is 45.8 Å². The first kappa shape index (κ1) is 16.2. The predicted molar refractivity (Wildman–Crippen MR) is 88.7 cm³/mol. The number of amides is 1. The second-order valence-corrected chi connectivity index (χ2v) is 5.73. The second kappa shape index (κ2) is 7.22. The van der Waals surface area contributed by atoms with Gasteiger partial charge in [-0.2, -0.15) is 0 Å². The molecule has 0 radical (unpaired) electrons. The molecule has 0 spiro atoms. The number of hydrogen-bond acceptors (Lipinski definition) is 3. The Morgan fingerprint density at radius 2 is 1.82 bits per heavy atom. The van der Waals surface area contributed by atoms with Gasteiger partial charge in [0.1, 0.15) is 6.54 Å². The van der Waals surface area contributed by atoms with Crippen LogP contribution in [-0.2, 0) is 9.53 Å². The van der Waals surface area contributed by atoms with Crippen LogP contribution in [0.4, 0.5) is 0 Å². The van der Waals surface area contributed by atoms with Gasteiger partial charge >= 0.3 is 5.97 Å². The van der Waals surface area contributed by atoms with Crippen LogP contribution in [0.1, 0.15) is 15.9 Å². The Morgan fingerprint density at radius 3 is 2.45 bits per heavy atom. The van der Waals surface area contributed by atoms with Gasteiger partial charge in [0.15, 0.2) is 0 Å². The Labute approximate surface area is 137 Å². The molecule has 1 N–H and O–H groups in total. The van der Waals surface area contributed by atoms with Crippen LogP contribution in [-0.4, -0.2) is 25.5 Å². The summed E-state index contributed by atoms with van der Waals surface area (Å²) in [6, 6.07) is 13.4. The minimum absolute atomic E-state index is 0.150. The van der Waals surface area contributed by atoms with E-state index in [4.69, 9.17) is 0 Å². The van der Waals surface area contributed by atoms with Gasteiger partial charge in [-0.15, -0.1) is 0 Å². The van der Waals surface area contributed by atoms with Gasteiger partial charge < -0.3 is 10.1 Å². The average molecular weight is 362 g/mol. The third-order valence-electron chi connectivity index (χ3n) is 3.20. The lowest BCUT2D eigenvalue weighted by atomic mass is 9.97. The summed E-state index contributed by atoms with van der Waals surface area (Å²) in [5.74, 6) is -0.779. The molecule has 5 heteroatoms. The molecule has 0 aliphatic rings. The first-order valence-corrected chi connectivity index (χ1v) is 7.52. The summed E-state index contributed by atoms with van der Waals surface area (Å²) in [5.41, 5.74) is 3.27. The van der Waals surface area contributed by atoms with Crippen molar-refractivity contribution in [3.63, 3.8) is 0 Å². The fourth-order valence-electron chi connectivity index (χ4n) is 2.05. The first-order valence-electron chi connectivity index (χ1n) is 6.73. The Hall–Kier alpha value is -2.14. The molecule has 0 aliphatic carbocycles. The second-order valence-electron chi connectivity index (χ2n) is 4.81. The molecular weight excluding hydrogens is 346 g/mol. The molecule has 22 heavy (non-hydrogen) atoms. The van der Waals surface area contributed by atoms with Crippen LogP contribution in [0.25, 0.3) is 11.1 Å². The van der Waals surface area contributed by atoms with Crippen molar-refractivity contribution in [2.24, 2.45) is 0 Å². The number of aryl methyl sites for hydroxylation is 1. The third-order valence-corrected chi connectivity index (χ3v) is 3.72. The Bertz CT molecular complexity index is 696. The largest absolute Gasteiger partial charge is 0.468 e. The number of benzene rings is 2. The number of rotatable bonds is 4. The average Bonchev–Trinajstić information content (AvgIpc) is 2.53. The predicted octanol–water partition coefficient (Wildman–Crippen LogP) is 3.33. The molecule has 0 aliphatic heterocycles. The van der Waals surface area contributed by atoms with Crippen molar-refractivity contribution in [1.29, 1.82) is 0 Å². The Morgan fingerprint density at radius 1 is 1.14 bits per heavy atom. The molecule has 0 saturated heterocycles.